The molecule has 1 aromatic rings. The van der Waals surface area contributed by atoms with Crippen molar-refractivity contribution in [2.45, 2.75) is 44.4 Å². The van der Waals surface area contributed by atoms with Gasteiger partial charge in [0, 0.05) is 32.1 Å². The first kappa shape index (κ1) is 17.4. The van der Waals surface area contributed by atoms with Crippen LogP contribution in [-0.4, -0.2) is 49.7 Å². The van der Waals surface area contributed by atoms with E-state index in [1.807, 2.05) is 30.9 Å². The van der Waals surface area contributed by atoms with Gasteiger partial charge in [0.25, 0.3) is 0 Å². The summed E-state index contributed by atoms with van der Waals surface area (Å²) in [5.41, 5.74) is 1.84. The summed E-state index contributed by atoms with van der Waals surface area (Å²) in [6.45, 7) is 6.38. The number of likely N-dealkylation sites (tertiary alicyclic amines) is 1. The maximum Gasteiger partial charge on any atom is 0.243 e. The van der Waals surface area contributed by atoms with Crippen LogP contribution in [0.4, 0.5) is 0 Å². The molecular formula is C18H26N2O3S. The van der Waals surface area contributed by atoms with E-state index in [1.165, 1.54) is 0 Å². The SMILES string of the molecule is Cc1ccc(S(=O)(=O)N2CCC(C(=O)N3CCCC3)CC2)c(C)c1. The summed E-state index contributed by atoms with van der Waals surface area (Å²) in [5.74, 6) is 0.199. The quantitative estimate of drug-likeness (QED) is 0.841. The highest BCUT2D eigenvalue weighted by atomic mass is 32.2. The van der Waals surface area contributed by atoms with Gasteiger partial charge < -0.3 is 4.90 Å². The van der Waals surface area contributed by atoms with Crippen LogP contribution in [0.3, 0.4) is 0 Å². The molecular weight excluding hydrogens is 324 g/mol. The Morgan fingerprint density at radius 1 is 1.04 bits per heavy atom. The minimum Gasteiger partial charge on any atom is -0.342 e. The average Bonchev–Trinajstić information content (AvgIpc) is 3.08. The van der Waals surface area contributed by atoms with Gasteiger partial charge in [-0.1, -0.05) is 17.7 Å². The van der Waals surface area contributed by atoms with Crippen LogP contribution >= 0.6 is 0 Å². The van der Waals surface area contributed by atoms with Crippen LogP contribution in [0, 0.1) is 19.8 Å². The van der Waals surface area contributed by atoms with Gasteiger partial charge in [-0.2, -0.15) is 4.31 Å². The molecule has 2 aliphatic rings. The fourth-order valence-electron chi connectivity index (χ4n) is 3.77. The van der Waals surface area contributed by atoms with Gasteiger partial charge >= 0.3 is 0 Å². The molecule has 0 atom stereocenters. The number of carbonyl (C=O) groups is 1. The fourth-order valence-corrected chi connectivity index (χ4v) is 5.44. The topological polar surface area (TPSA) is 57.7 Å². The van der Waals surface area contributed by atoms with Crippen molar-refractivity contribution in [3.8, 4) is 0 Å². The highest BCUT2D eigenvalue weighted by Crippen LogP contribution is 2.27. The zero-order valence-corrected chi connectivity index (χ0v) is 15.3. The molecule has 0 radical (unpaired) electrons. The van der Waals surface area contributed by atoms with Gasteiger partial charge in [-0.3, -0.25) is 4.79 Å². The maximum atomic E-state index is 12.9. The number of nitrogens with zero attached hydrogens (tertiary/aromatic N) is 2. The van der Waals surface area contributed by atoms with Gasteiger partial charge in [0.1, 0.15) is 0 Å². The van der Waals surface area contributed by atoms with E-state index in [9.17, 15) is 13.2 Å². The number of hydrogen-bond acceptors (Lipinski definition) is 3. The lowest BCUT2D eigenvalue weighted by Gasteiger charge is -2.32. The normalized spacial score (nSPS) is 20.5. The van der Waals surface area contributed by atoms with Gasteiger partial charge in [0.2, 0.25) is 15.9 Å². The van der Waals surface area contributed by atoms with Gasteiger partial charge in [0.05, 0.1) is 4.90 Å². The standard InChI is InChI=1S/C18H26N2O3S/c1-14-5-6-17(15(2)13-14)24(22,23)20-11-7-16(8-12-20)18(21)19-9-3-4-10-19/h5-6,13,16H,3-4,7-12H2,1-2H3. The molecule has 24 heavy (non-hydrogen) atoms. The Labute approximate surface area is 144 Å². The Bertz CT molecular complexity index is 716. The second-order valence-electron chi connectivity index (χ2n) is 6.98. The van der Waals surface area contributed by atoms with Crippen molar-refractivity contribution >= 4 is 15.9 Å². The van der Waals surface area contributed by atoms with Gasteiger partial charge in [0.15, 0.2) is 0 Å². The Hall–Kier alpha value is -1.40. The lowest BCUT2D eigenvalue weighted by atomic mass is 9.97. The molecule has 132 valence electrons. The van der Waals surface area contributed by atoms with Crippen molar-refractivity contribution in [1.29, 1.82) is 0 Å². The van der Waals surface area contributed by atoms with Gasteiger partial charge in [-0.15, -0.1) is 0 Å². The predicted octanol–water partition coefficient (Wildman–Crippen LogP) is 2.33. The summed E-state index contributed by atoms with van der Waals surface area (Å²) in [5, 5.41) is 0. The number of carbonyl (C=O) groups excluding carboxylic acids is 1. The Morgan fingerprint density at radius 3 is 2.25 bits per heavy atom. The number of piperidine rings is 1. The van der Waals surface area contributed by atoms with E-state index in [-0.39, 0.29) is 11.8 Å². The molecule has 0 spiro atoms. The molecule has 0 N–H and O–H groups in total. The second kappa shape index (κ2) is 6.84. The Kier molecular flexibility index (Phi) is 4.97. The van der Waals surface area contributed by atoms with E-state index < -0.39 is 10.0 Å². The number of aryl methyl sites for hydroxylation is 2. The number of amides is 1. The van der Waals surface area contributed by atoms with Gasteiger partial charge in [-0.25, -0.2) is 8.42 Å². The monoisotopic (exact) mass is 350 g/mol. The summed E-state index contributed by atoms with van der Waals surface area (Å²) in [4.78, 5) is 14.8. The summed E-state index contributed by atoms with van der Waals surface area (Å²) in [7, 11) is -3.47. The number of hydrogen-bond donors (Lipinski definition) is 0. The van der Waals surface area contributed by atoms with Crippen LogP contribution < -0.4 is 0 Å². The molecule has 1 aromatic carbocycles. The van der Waals surface area contributed by atoms with Crippen molar-refractivity contribution in [3.63, 3.8) is 0 Å². The van der Waals surface area contributed by atoms with Crippen LogP contribution in [0.15, 0.2) is 23.1 Å². The molecule has 5 nitrogen and oxygen atoms in total. The van der Waals surface area contributed by atoms with Crippen LogP contribution in [0.2, 0.25) is 0 Å². The second-order valence-corrected chi connectivity index (χ2v) is 8.89. The first-order chi connectivity index (χ1) is 11.4. The summed E-state index contributed by atoms with van der Waals surface area (Å²) in [6.07, 6.45) is 3.43. The van der Waals surface area contributed by atoms with E-state index in [0.717, 1.165) is 37.1 Å². The highest BCUT2D eigenvalue weighted by Gasteiger charge is 2.34. The fraction of sp³-hybridized carbons (Fsp3) is 0.611. The Morgan fingerprint density at radius 2 is 1.67 bits per heavy atom. The van der Waals surface area contributed by atoms with E-state index in [0.29, 0.717) is 30.8 Å². The highest BCUT2D eigenvalue weighted by molar-refractivity contribution is 7.89. The number of benzene rings is 1. The van der Waals surface area contributed by atoms with E-state index in [1.54, 1.807) is 10.4 Å². The van der Waals surface area contributed by atoms with Crippen LogP contribution in [0.5, 0.6) is 0 Å². The third-order valence-electron chi connectivity index (χ3n) is 5.17. The van der Waals surface area contributed by atoms with E-state index in [2.05, 4.69) is 0 Å². The van der Waals surface area contributed by atoms with Crippen molar-refractivity contribution in [2.75, 3.05) is 26.2 Å². The lowest BCUT2D eigenvalue weighted by Crippen LogP contribution is -2.43. The zero-order chi connectivity index (χ0) is 17.3. The average molecular weight is 350 g/mol. The Balaban J connectivity index is 1.68. The summed E-state index contributed by atoms with van der Waals surface area (Å²) >= 11 is 0. The molecule has 0 aliphatic carbocycles. The molecule has 2 fully saturated rings. The van der Waals surface area contributed by atoms with Crippen molar-refractivity contribution in [1.82, 2.24) is 9.21 Å². The molecule has 0 bridgehead atoms. The summed E-state index contributed by atoms with van der Waals surface area (Å²) < 4.78 is 27.3. The summed E-state index contributed by atoms with van der Waals surface area (Å²) in [6, 6.07) is 5.43. The van der Waals surface area contributed by atoms with E-state index >= 15 is 0 Å². The molecule has 2 heterocycles. The third kappa shape index (κ3) is 3.35. The van der Waals surface area contributed by atoms with Gasteiger partial charge in [-0.05, 0) is 51.2 Å². The minimum atomic E-state index is -3.47. The van der Waals surface area contributed by atoms with Crippen molar-refractivity contribution < 1.29 is 13.2 Å². The number of rotatable bonds is 3. The minimum absolute atomic E-state index is 0.0198. The predicted molar refractivity (Wildman–Crippen MR) is 93.2 cm³/mol. The molecule has 0 unspecified atom stereocenters. The van der Waals surface area contributed by atoms with Crippen molar-refractivity contribution in [3.05, 3.63) is 29.3 Å². The van der Waals surface area contributed by atoms with Crippen molar-refractivity contribution in [2.24, 2.45) is 5.92 Å². The number of sulfonamides is 1. The molecule has 2 saturated heterocycles. The largest absolute Gasteiger partial charge is 0.342 e. The zero-order valence-electron chi connectivity index (χ0n) is 14.5. The van der Waals surface area contributed by atoms with Crippen LogP contribution in [0.25, 0.3) is 0 Å². The molecule has 0 saturated carbocycles. The smallest absolute Gasteiger partial charge is 0.243 e. The molecule has 3 rings (SSSR count). The molecule has 0 aromatic heterocycles. The molecule has 1 amide bonds. The lowest BCUT2D eigenvalue weighted by molar-refractivity contribution is -0.135. The van der Waals surface area contributed by atoms with Crippen LogP contribution in [-0.2, 0) is 14.8 Å². The molecule has 6 heteroatoms. The third-order valence-corrected chi connectivity index (χ3v) is 7.23. The first-order valence-electron chi connectivity index (χ1n) is 8.76. The maximum absolute atomic E-state index is 12.9. The van der Waals surface area contributed by atoms with E-state index in [4.69, 9.17) is 0 Å². The van der Waals surface area contributed by atoms with Crippen LogP contribution in [0.1, 0.15) is 36.8 Å². The molecule has 2 aliphatic heterocycles. The first-order valence-corrected chi connectivity index (χ1v) is 10.2.